The molecule has 0 bridgehead atoms. The molecule has 140 valence electrons. The maximum absolute atomic E-state index is 13.8. The Kier molecular flexibility index (Phi) is 5.59. The highest BCUT2D eigenvalue weighted by Crippen LogP contribution is 2.20. The highest BCUT2D eigenvalue weighted by Gasteiger charge is 2.26. The summed E-state index contributed by atoms with van der Waals surface area (Å²) in [5, 5.41) is 6.19. The van der Waals surface area contributed by atoms with E-state index in [-0.39, 0.29) is 24.2 Å². The molecule has 0 amide bonds. The van der Waals surface area contributed by atoms with Gasteiger partial charge in [-0.3, -0.25) is 9.56 Å². The van der Waals surface area contributed by atoms with Gasteiger partial charge in [-0.05, 0) is 18.6 Å². The van der Waals surface area contributed by atoms with Gasteiger partial charge in [0.15, 0.2) is 17.6 Å². The second-order valence-electron chi connectivity index (χ2n) is 5.84. The molecule has 1 aliphatic heterocycles. The summed E-state index contributed by atoms with van der Waals surface area (Å²) >= 11 is 0. The zero-order valence-corrected chi connectivity index (χ0v) is 14.2. The standard InChI is InChI=1S/C16H20F3N7/c1-20-16(23-9-13-21-6-8-26(13)15(18)19)24-11-4-7-25(10-11)14-12(17)3-2-5-22-14/h2-3,5-6,8,11,15H,4,7,9-10H2,1H3,(H2,20,23,24). The smallest absolute Gasteiger partial charge is 0.319 e. The number of aromatic nitrogens is 3. The van der Waals surface area contributed by atoms with Crippen LogP contribution in [0, 0.1) is 5.82 Å². The molecule has 7 nitrogen and oxygen atoms in total. The Hall–Kier alpha value is -2.78. The largest absolute Gasteiger partial charge is 0.352 e. The molecule has 0 aromatic carbocycles. The number of anilines is 1. The van der Waals surface area contributed by atoms with Crippen LogP contribution in [0.25, 0.3) is 0 Å². The summed E-state index contributed by atoms with van der Waals surface area (Å²) in [7, 11) is 1.60. The van der Waals surface area contributed by atoms with Crippen molar-refractivity contribution in [1.29, 1.82) is 0 Å². The molecular weight excluding hydrogens is 347 g/mol. The molecule has 2 N–H and O–H groups in total. The number of imidazole rings is 1. The molecule has 1 fully saturated rings. The fourth-order valence-corrected chi connectivity index (χ4v) is 2.89. The molecule has 1 aliphatic rings. The normalized spacial score (nSPS) is 17.8. The highest BCUT2D eigenvalue weighted by atomic mass is 19.3. The molecule has 3 heterocycles. The molecule has 1 unspecified atom stereocenters. The lowest BCUT2D eigenvalue weighted by molar-refractivity contribution is 0.0668. The zero-order valence-electron chi connectivity index (χ0n) is 14.2. The lowest BCUT2D eigenvalue weighted by Gasteiger charge is -2.20. The maximum Gasteiger partial charge on any atom is 0.319 e. The number of halogens is 3. The molecule has 3 rings (SSSR count). The average Bonchev–Trinajstić information content (AvgIpc) is 3.28. The van der Waals surface area contributed by atoms with Crippen LogP contribution in [0.15, 0.2) is 35.7 Å². The topological polar surface area (TPSA) is 70.4 Å². The summed E-state index contributed by atoms with van der Waals surface area (Å²) < 4.78 is 40.3. The minimum absolute atomic E-state index is 0.0393. The third kappa shape index (κ3) is 4.06. The summed E-state index contributed by atoms with van der Waals surface area (Å²) in [6.45, 7) is -1.29. The van der Waals surface area contributed by atoms with Gasteiger partial charge in [0.05, 0.1) is 6.54 Å². The van der Waals surface area contributed by atoms with Gasteiger partial charge >= 0.3 is 6.55 Å². The molecule has 0 saturated carbocycles. The van der Waals surface area contributed by atoms with E-state index >= 15 is 0 Å². The van der Waals surface area contributed by atoms with E-state index in [1.807, 2.05) is 4.90 Å². The predicted octanol–water partition coefficient (Wildman–Crippen LogP) is 1.76. The van der Waals surface area contributed by atoms with Crippen LogP contribution in [0.1, 0.15) is 18.8 Å². The van der Waals surface area contributed by atoms with E-state index in [2.05, 4.69) is 25.6 Å². The van der Waals surface area contributed by atoms with Crippen LogP contribution in [0.3, 0.4) is 0 Å². The van der Waals surface area contributed by atoms with Gasteiger partial charge in [-0.25, -0.2) is 14.4 Å². The number of alkyl halides is 2. The summed E-state index contributed by atoms with van der Waals surface area (Å²) in [5.74, 6) is 0.668. The number of hydrogen-bond acceptors (Lipinski definition) is 4. The van der Waals surface area contributed by atoms with E-state index in [0.717, 1.165) is 11.0 Å². The third-order valence-electron chi connectivity index (χ3n) is 4.16. The fraction of sp³-hybridized carbons (Fsp3) is 0.438. The predicted molar refractivity (Wildman–Crippen MR) is 91.6 cm³/mol. The van der Waals surface area contributed by atoms with Crippen LogP contribution < -0.4 is 15.5 Å². The molecular formula is C16H20F3N7. The number of guanidine groups is 1. The van der Waals surface area contributed by atoms with Crippen molar-refractivity contribution < 1.29 is 13.2 Å². The molecule has 0 spiro atoms. The fourth-order valence-electron chi connectivity index (χ4n) is 2.89. The van der Waals surface area contributed by atoms with Crippen molar-refractivity contribution in [1.82, 2.24) is 25.2 Å². The lowest BCUT2D eigenvalue weighted by Crippen LogP contribution is -2.44. The summed E-state index contributed by atoms with van der Waals surface area (Å²) in [4.78, 5) is 14.0. The number of nitrogens with one attached hydrogen (secondary N) is 2. The number of rotatable bonds is 5. The molecule has 2 aromatic rings. The molecule has 0 aliphatic carbocycles. The quantitative estimate of drug-likeness (QED) is 0.623. The van der Waals surface area contributed by atoms with Crippen molar-refractivity contribution in [3.63, 3.8) is 0 Å². The van der Waals surface area contributed by atoms with Crippen molar-refractivity contribution in [2.45, 2.75) is 25.6 Å². The number of pyridine rings is 1. The molecule has 1 saturated heterocycles. The average molecular weight is 367 g/mol. The molecule has 1 atom stereocenters. The first-order chi connectivity index (χ1) is 12.6. The van der Waals surface area contributed by atoms with Crippen LogP contribution in [0.5, 0.6) is 0 Å². The van der Waals surface area contributed by atoms with Crippen LogP contribution >= 0.6 is 0 Å². The number of aliphatic imine (C=N–C) groups is 1. The summed E-state index contributed by atoms with van der Waals surface area (Å²) in [5.41, 5.74) is 0. The monoisotopic (exact) mass is 367 g/mol. The Morgan fingerprint density at radius 3 is 2.96 bits per heavy atom. The van der Waals surface area contributed by atoms with E-state index in [1.54, 1.807) is 19.3 Å². The SMILES string of the molecule is CN=C(NCc1nccn1C(F)F)NC1CCN(c2ncccc2F)C1. The first-order valence-electron chi connectivity index (χ1n) is 8.21. The van der Waals surface area contributed by atoms with Gasteiger partial charge in [0.1, 0.15) is 5.82 Å². The van der Waals surface area contributed by atoms with Gasteiger partial charge in [-0.2, -0.15) is 8.78 Å². The zero-order chi connectivity index (χ0) is 18.5. The number of hydrogen-bond donors (Lipinski definition) is 2. The Balaban J connectivity index is 1.54. The van der Waals surface area contributed by atoms with Gasteiger partial charge in [0.2, 0.25) is 0 Å². The van der Waals surface area contributed by atoms with Gasteiger partial charge < -0.3 is 15.5 Å². The van der Waals surface area contributed by atoms with Crippen molar-refractivity contribution in [2.75, 3.05) is 25.0 Å². The first-order valence-corrected chi connectivity index (χ1v) is 8.21. The highest BCUT2D eigenvalue weighted by molar-refractivity contribution is 5.80. The molecule has 2 aromatic heterocycles. The Morgan fingerprint density at radius 2 is 2.23 bits per heavy atom. The van der Waals surface area contributed by atoms with E-state index < -0.39 is 6.55 Å². The van der Waals surface area contributed by atoms with Gasteiger partial charge in [0.25, 0.3) is 0 Å². The summed E-state index contributed by atoms with van der Waals surface area (Å²) in [6, 6.07) is 2.98. The van der Waals surface area contributed by atoms with Crippen LogP contribution in [0.2, 0.25) is 0 Å². The van der Waals surface area contributed by atoms with Gasteiger partial charge in [-0.15, -0.1) is 0 Å². The second-order valence-corrected chi connectivity index (χ2v) is 5.84. The molecule has 10 heteroatoms. The first kappa shape index (κ1) is 18.0. The van der Waals surface area contributed by atoms with Crippen molar-refractivity contribution in [3.8, 4) is 0 Å². The summed E-state index contributed by atoms with van der Waals surface area (Å²) in [6.07, 6.45) is 4.90. The van der Waals surface area contributed by atoms with Gasteiger partial charge in [-0.1, -0.05) is 0 Å². The molecule has 0 radical (unpaired) electrons. The van der Waals surface area contributed by atoms with E-state index in [0.29, 0.717) is 24.9 Å². The van der Waals surface area contributed by atoms with E-state index in [1.165, 1.54) is 18.5 Å². The number of nitrogens with zero attached hydrogens (tertiary/aromatic N) is 5. The van der Waals surface area contributed by atoms with Crippen LogP contribution in [0.4, 0.5) is 19.0 Å². The van der Waals surface area contributed by atoms with Crippen LogP contribution in [-0.2, 0) is 6.54 Å². The third-order valence-corrected chi connectivity index (χ3v) is 4.16. The lowest BCUT2D eigenvalue weighted by atomic mass is 10.3. The van der Waals surface area contributed by atoms with Crippen molar-refractivity contribution in [3.05, 3.63) is 42.4 Å². The van der Waals surface area contributed by atoms with Crippen molar-refractivity contribution in [2.24, 2.45) is 4.99 Å². The van der Waals surface area contributed by atoms with E-state index in [9.17, 15) is 13.2 Å². The molecule has 26 heavy (non-hydrogen) atoms. The maximum atomic E-state index is 13.8. The minimum atomic E-state index is -2.64. The Bertz CT molecular complexity index is 762. The Labute approximate surface area is 149 Å². The second kappa shape index (κ2) is 8.07. The Morgan fingerprint density at radius 1 is 1.38 bits per heavy atom. The van der Waals surface area contributed by atoms with Gasteiger partial charge in [0, 0.05) is 44.8 Å². The van der Waals surface area contributed by atoms with Crippen LogP contribution in [-0.4, -0.2) is 46.7 Å². The minimum Gasteiger partial charge on any atom is -0.352 e. The van der Waals surface area contributed by atoms with E-state index in [4.69, 9.17) is 0 Å². The van der Waals surface area contributed by atoms with Crippen molar-refractivity contribution >= 4 is 11.8 Å².